The summed E-state index contributed by atoms with van der Waals surface area (Å²) < 4.78 is 0.154. The van der Waals surface area contributed by atoms with Crippen molar-refractivity contribution < 1.29 is 4.79 Å². The SMILES string of the molecule is CC(C)c1[nH]nc(C(=O)NCC2(C)CCCS2)c1N. The molecular formula is C13H22N4OS. The minimum absolute atomic E-state index is 0.154. The minimum atomic E-state index is -0.186. The number of thioether (sulfide) groups is 1. The van der Waals surface area contributed by atoms with E-state index >= 15 is 0 Å². The number of hydrogen-bond donors (Lipinski definition) is 3. The molecule has 0 saturated carbocycles. The van der Waals surface area contributed by atoms with Crippen LogP contribution in [0.15, 0.2) is 0 Å². The molecule has 1 aromatic rings. The second kappa shape index (κ2) is 5.45. The molecule has 1 unspecified atom stereocenters. The van der Waals surface area contributed by atoms with Crippen LogP contribution in [0.3, 0.4) is 0 Å². The van der Waals surface area contributed by atoms with Gasteiger partial charge in [-0.2, -0.15) is 16.9 Å². The Balaban J connectivity index is 2.00. The summed E-state index contributed by atoms with van der Waals surface area (Å²) in [6.07, 6.45) is 2.37. The first-order chi connectivity index (χ1) is 8.93. The predicted molar refractivity (Wildman–Crippen MR) is 79.5 cm³/mol. The van der Waals surface area contributed by atoms with E-state index in [4.69, 9.17) is 5.73 Å². The number of aromatic nitrogens is 2. The first-order valence-corrected chi connectivity index (χ1v) is 7.67. The van der Waals surface area contributed by atoms with Crippen LogP contribution in [0.2, 0.25) is 0 Å². The van der Waals surface area contributed by atoms with Gasteiger partial charge in [0.15, 0.2) is 5.69 Å². The highest BCUT2D eigenvalue weighted by Crippen LogP contribution is 2.37. The van der Waals surface area contributed by atoms with Gasteiger partial charge in [-0.1, -0.05) is 13.8 Å². The summed E-state index contributed by atoms with van der Waals surface area (Å²) in [5, 5.41) is 9.84. The number of nitrogens with two attached hydrogens (primary N) is 1. The van der Waals surface area contributed by atoms with Crippen molar-refractivity contribution in [1.82, 2.24) is 15.5 Å². The lowest BCUT2D eigenvalue weighted by Crippen LogP contribution is -2.37. The smallest absolute Gasteiger partial charge is 0.273 e. The fourth-order valence-electron chi connectivity index (χ4n) is 2.30. The molecule has 2 rings (SSSR count). The van der Waals surface area contributed by atoms with Gasteiger partial charge < -0.3 is 11.1 Å². The van der Waals surface area contributed by atoms with E-state index < -0.39 is 0 Å². The number of rotatable bonds is 4. The summed E-state index contributed by atoms with van der Waals surface area (Å²) in [7, 11) is 0. The van der Waals surface area contributed by atoms with Crippen LogP contribution in [-0.4, -0.2) is 33.1 Å². The number of H-pyrrole nitrogens is 1. The Morgan fingerprint density at radius 1 is 1.63 bits per heavy atom. The zero-order valence-corrected chi connectivity index (χ0v) is 12.6. The Morgan fingerprint density at radius 2 is 2.37 bits per heavy atom. The highest BCUT2D eigenvalue weighted by molar-refractivity contribution is 8.00. The zero-order valence-electron chi connectivity index (χ0n) is 11.7. The summed E-state index contributed by atoms with van der Waals surface area (Å²) in [4.78, 5) is 12.1. The first-order valence-electron chi connectivity index (χ1n) is 6.69. The lowest BCUT2D eigenvalue weighted by molar-refractivity contribution is 0.0946. The number of nitrogens with zero attached hydrogens (tertiary/aromatic N) is 1. The highest BCUT2D eigenvalue weighted by atomic mass is 32.2. The molecule has 1 aromatic heterocycles. The quantitative estimate of drug-likeness (QED) is 0.790. The van der Waals surface area contributed by atoms with Crippen molar-refractivity contribution in [1.29, 1.82) is 0 Å². The maximum atomic E-state index is 12.1. The van der Waals surface area contributed by atoms with Gasteiger partial charge in [0, 0.05) is 11.3 Å². The van der Waals surface area contributed by atoms with Gasteiger partial charge in [0.2, 0.25) is 0 Å². The summed E-state index contributed by atoms with van der Waals surface area (Å²) in [5.41, 5.74) is 7.57. The van der Waals surface area contributed by atoms with Crippen LogP contribution in [-0.2, 0) is 0 Å². The van der Waals surface area contributed by atoms with Crippen LogP contribution < -0.4 is 11.1 Å². The molecule has 1 aliphatic heterocycles. The van der Waals surface area contributed by atoms with Crippen molar-refractivity contribution in [2.75, 3.05) is 18.0 Å². The molecule has 2 heterocycles. The third-order valence-electron chi connectivity index (χ3n) is 3.55. The number of amides is 1. The van der Waals surface area contributed by atoms with Gasteiger partial charge in [0.25, 0.3) is 5.91 Å². The highest BCUT2D eigenvalue weighted by Gasteiger charge is 2.30. The van der Waals surface area contributed by atoms with Crippen molar-refractivity contribution in [3.05, 3.63) is 11.4 Å². The normalized spacial score (nSPS) is 22.9. The first kappa shape index (κ1) is 14.2. The largest absolute Gasteiger partial charge is 0.395 e. The maximum Gasteiger partial charge on any atom is 0.273 e. The van der Waals surface area contributed by atoms with E-state index in [1.807, 2.05) is 25.6 Å². The van der Waals surface area contributed by atoms with Crippen molar-refractivity contribution in [2.24, 2.45) is 0 Å². The van der Waals surface area contributed by atoms with Crippen LogP contribution in [0.1, 0.15) is 55.7 Å². The van der Waals surface area contributed by atoms with Crippen LogP contribution >= 0.6 is 11.8 Å². The molecular weight excluding hydrogens is 260 g/mol. The average Bonchev–Trinajstić information content (AvgIpc) is 2.93. The fourth-order valence-corrected chi connectivity index (χ4v) is 3.55. The molecule has 0 aliphatic carbocycles. The van der Waals surface area contributed by atoms with Gasteiger partial charge >= 0.3 is 0 Å². The molecule has 1 aliphatic rings. The number of carbonyl (C=O) groups is 1. The van der Waals surface area contributed by atoms with Crippen molar-refractivity contribution in [2.45, 2.75) is 44.3 Å². The van der Waals surface area contributed by atoms with Crippen LogP contribution in [0.4, 0.5) is 5.69 Å². The molecule has 106 valence electrons. The Labute approximate surface area is 118 Å². The number of carbonyl (C=O) groups excluding carboxylic acids is 1. The Kier molecular flexibility index (Phi) is 4.08. The molecule has 1 fully saturated rings. The summed E-state index contributed by atoms with van der Waals surface area (Å²) in [5.74, 6) is 1.22. The average molecular weight is 282 g/mol. The van der Waals surface area contributed by atoms with Gasteiger partial charge in [-0.05, 0) is 31.4 Å². The number of anilines is 1. The maximum absolute atomic E-state index is 12.1. The lowest BCUT2D eigenvalue weighted by Gasteiger charge is -2.22. The number of hydrogen-bond acceptors (Lipinski definition) is 4. The molecule has 0 radical (unpaired) electrons. The summed E-state index contributed by atoms with van der Waals surface area (Å²) in [6, 6.07) is 0. The molecule has 4 N–H and O–H groups in total. The van der Waals surface area contributed by atoms with Crippen molar-refractivity contribution in [3.8, 4) is 0 Å². The molecule has 6 heteroatoms. The molecule has 1 atom stereocenters. The van der Waals surface area contributed by atoms with E-state index in [9.17, 15) is 4.79 Å². The third-order valence-corrected chi connectivity index (χ3v) is 5.09. The molecule has 0 aromatic carbocycles. The summed E-state index contributed by atoms with van der Waals surface area (Å²) >= 11 is 1.92. The van der Waals surface area contributed by atoms with E-state index in [1.54, 1.807) is 0 Å². The molecule has 19 heavy (non-hydrogen) atoms. The van der Waals surface area contributed by atoms with E-state index in [0.717, 1.165) is 12.1 Å². The lowest BCUT2D eigenvalue weighted by atomic mass is 10.1. The van der Waals surface area contributed by atoms with E-state index in [2.05, 4.69) is 22.4 Å². The Morgan fingerprint density at radius 3 is 2.89 bits per heavy atom. The number of nitrogen functional groups attached to an aromatic ring is 1. The number of aromatic amines is 1. The van der Waals surface area contributed by atoms with E-state index in [-0.39, 0.29) is 16.6 Å². The van der Waals surface area contributed by atoms with Gasteiger partial charge in [0.1, 0.15) is 0 Å². The monoisotopic (exact) mass is 282 g/mol. The van der Waals surface area contributed by atoms with Gasteiger partial charge in [-0.3, -0.25) is 9.89 Å². The van der Waals surface area contributed by atoms with Gasteiger partial charge in [-0.25, -0.2) is 0 Å². The van der Waals surface area contributed by atoms with Crippen LogP contribution in [0.5, 0.6) is 0 Å². The fraction of sp³-hybridized carbons (Fsp3) is 0.692. The predicted octanol–water partition coefficient (Wildman–Crippen LogP) is 2.13. The van der Waals surface area contributed by atoms with Gasteiger partial charge in [0.05, 0.1) is 11.4 Å². The standard InChI is InChI=1S/C13H22N4OS/c1-8(2)10-9(14)11(17-16-10)12(18)15-7-13(3)5-4-6-19-13/h8H,4-7,14H2,1-3H3,(H,15,18)(H,16,17). The van der Waals surface area contributed by atoms with Gasteiger partial charge in [-0.15, -0.1) is 0 Å². The van der Waals surface area contributed by atoms with Crippen LogP contribution in [0.25, 0.3) is 0 Å². The van der Waals surface area contributed by atoms with E-state index in [1.165, 1.54) is 12.2 Å². The van der Waals surface area contributed by atoms with E-state index in [0.29, 0.717) is 17.9 Å². The number of nitrogens with one attached hydrogen (secondary N) is 2. The zero-order chi connectivity index (χ0) is 14.0. The molecule has 0 spiro atoms. The second-order valence-electron chi connectivity index (χ2n) is 5.64. The summed E-state index contributed by atoms with van der Waals surface area (Å²) in [6.45, 7) is 6.89. The second-order valence-corrected chi connectivity index (χ2v) is 7.32. The molecule has 1 amide bonds. The Bertz CT molecular complexity index is 463. The molecule has 0 bridgehead atoms. The molecule has 1 saturated heterocycles. The Hall–Kier alpha value is -1.17. The van der Waals surface area contributed by atoms with Crippen molar-refractivity contribution >= 4 is 23.4 Å². The molecule has 5 nitrogen and oxygen atoms in total. The van der Waals surface area contributed by atoms with Crippen molar-refractivity contribution in [3.63, 3.8) is 0 Å². The van der Waals surface area contributed by atoms with Crippen LogP contribution in [0, 0.1) is 0 Å². The third kappa shape index (κ3) is 3.05. The topological polar surface area (TPSA) is 83.8 Å². The minimum Gasteiger partial charge on any atom is -0.395 e.